The Bertz CT molecular complexity index is 359. The molecule has 90 valence electrons. The highest BCUT2D eigenvalue weighted by molar-refractivity contribution is 5.50. The molecule has 0 radical (unpaired) electrons. The number of hydrogen-bond donors (Lipinski definition) is 2. The van der Waals surface area contributed by atoms with Crippen molar-refractivity contribution in [2.24, 2.45) is 5.73 Å². The van der Waals surface area contributed by atoms with Crippen molar-refractivity contribution in [3.8, 4) is 0 Å². The minimum Gasteiger partial charge on any atom is -0.383 e. The molecule has 16 heavy (non-hydrogen) atoms. The van der Waals surface area contributed by atoms with Gasteiger partial charge in [0.05, 0.1) is 5.56 Å². The average molecular weight is 232 g/mol. The molecule has 0 aromatic heterocycles. The molecule has 0 unspecified atom stereocenters. The predicted octanol–water partition coefficient (Wildman–Crippen LogP) is 2.98. The zero-order valence-electron chi connectivity index (χ0n) is 9.23. The number of anilines is 1. The summed E-state index contributed by atoms with van der Waals surface area (Å²) in [6.45, 7) is 3.62. The lowest BCUT2D eigenvalue weighted by atomic mass is 10.1. The Morgan fingerprint density at radius 2 is 1.94 bits per heavy atom. The molecule has 5 heteroatoms. The molecule has 0 heterocycles. The third kappa shape index (κ3) is 3.13. The van der Waals surface area contributed by atoms with Crippen LogP contribution in [0.5, 0.6) is 0 Å². The molecule has 0 bridgehead atoms. The van der Waals surface area contributed by atoms with Gasteiger partial charge in [0, 0.05) is 18.3 Å². The minimum atomic E-state index is -4.36. The van der Waals surface area contributed by atoms with Crippen molar-refractivity contribution in [3.05, 3.63) is 29.3 Å². The molecule has 1 rings (SSSR count). The Kier molecular flexibility index (Phi) is 3.80. The van der Waals surface area contributed by atoms with Crippen molar-refractivity contribution in [3.63, 3.8) is 0 Å². The van der Waals surface area contributed by atoms with Gasteiger partial charge in [-0.2, -0.15) is 13.2 Å². The summed E-state index contributed by atoms with van der Waals surface area (Å²) in [6, 6.07) is 4.21. The Balaban J connectivity index is 3.12. The third-order valence-electron chi connectivity index (χ3n) is 2.09. The van der Waals surface area contributed by atoms with Crippen molar-refractivity contribution in [1.82, 2.24) is 0 Å². The molecule has 0 saturated heterocycles. The summed E-state index contributed by atoms with van der Waals surface area (Å²) in [4.78, 5) is 0. The number of alkyl halides is 3. The maximum Gasteiger partial charge on any atom is 0.416 e. The number of halogens is 3. The van der Waals surface area contributed by atoms with E-state index >= 15 is 0 Å². The van der Waals surface area contributed by atoms with Crippen LogP contribution in [0.15, 0.2) is 18.2 Å². The fourth-order valence-electron chi connectivity index (χ4n) is 1.44. The summed E-state index contributed by atoms with van der Waals surface area (Å²) in [6.07, 6.45) is -4.36. The van der Waals surface area contributed by atoms with Gasteiger partial charge in [0.25, 0.3) is 0 Å². The zero-order chi connectivity index (χ0) is 12.3. The molecule has 0 amide bonds. The highest BCUT2D eigenvalue weighted by atomic mass is 19.4. The normalized spacial score (nSPS) is 11.9. The van der Waals surface area contributed by atoms with E-state index in [1.807, 2.05) is 13.8 Å². The second-order valence-electron chi connectivity index (χ2n) is 3.87. The molecule has 0 aliphatic rings. The van der Waals surface area contributed by atoms with E-state index in [1.54, 1.807) is 6.07 Å². The Morgan fingerprint density at radius 1 is 1.31 bits per heavy atom. The first-order valence-electron chi connectivity index (χ1n) is 5.01. The summed E-state index contributed by atoms with van der Waals surface area (Å²) < 4.78 is 38.0. The Morgan fingerprint density at radius 3 is 2.38 bits per heavy atom. The van der Waals surface area contributed by atoms with Gasteiger partial charge < -0.3 is 11.1 Å². The largest absolute Gasteiger partial charge is 0.416 e. The van der Waals surface area contributed by atoms with E-state index in [1.165, 1.54) is 6.07 Å². The molecular formula is C11H15F3N2. The van der Waals surface area contributed by atoms with Gasteiger partial charge in [0.15, 0.2) is 0 Å². The SMILES string of the molecule is CC(C)Nc1ccc(CN)c(C(F)(F)F)c1. The number of rotatable bonds is 3. The lowest BCUT2D eigenvalue weighted by Crippen LogP contribution is -2.15. The van der Waals surface area contributed by atoms with Crippen LogP contribution >= 0.6 is 0 Å². The molecule has 1 aromatic carbocycles. The van der Waals surface area contributed by atoms with Gasteiger partial charge >= 0.3 is 6.18 Å². The fraction of sp³-hybridized carbons (Fsp3) is 0.455. The highest BCUT2D eigenvalue weighted by Gasteiger charge is 2.33. The fourth-order valence-corrected chi connectivity index (χ4v) is 1.44. The number of nitrogens with two attached hydrogens (primary N) is 1. The van der Waals surface area contributed by atoms with Gasteiger partial charge in [-0.3, -0.25) is 0 Å². The van der Waals surface area contributed by atoms with Gasteiger partial charge in [0.1, 0.15) is 0 Å². The van der Waals surface area contributed by atoms with Crippen molar-refractivity contribution >= 4 is 5.69 Å². The van der Waals surface area contributed by atoms with Crippen LogP contribution in [0.4, 0.5) is 18.9 Å². The van der Waals surface area contributed by atoms with Crippen LogP contribution in [-0.4, -0.2) is 6.04 Å². The maximum absolute atomic E-state index is 12.7. The molecule has 0 atom stereocenters. The van der Waals surface area contributed by atoms with E-state index in [9.17, 15) is 13.2 Å². The number of nitrogens with one attached hydrogen (secondary N) is 1. The van der Waals surface area contributed by atoms with Gasteiger partial charge in [0.2, 0.25) is 0 Å². The van der Waals surface area contributed by atoms with Crippen molar-refractivity contribution in [2.75, 3.05) is 5.32 Å². The first-order chi connectivity index (χ1) is 7.34. The molecule has 1 aromatic rings. The summed E-state index contributed by atoms with van der Waals surface area (Å²) in [7, 11) is 0. The molecule has 3 N–H and O–H groups in total. The van der Waals surface area contributed by atoms with E-state index in [-0.39, 0.29) is 18.2 Å². The molecule has 2 nitrogen and oxygen atoms in total. The smallest absolute Gasteiger partial charge is 0.383 e. The Hall–Kier alpha value is -1.23. The van der Waals surface area contributed by atoms with E-state index in [0.29, 0.717) is 5.69 Å². The third-order valence-corrected chi connectivity index (χ3v) is 2.09. The van der Waals surface area contributed by atoms with Crippen molar-refractivity contribution in [1.29, 1.82) is 0 Å². The predicted molar refractivity (Wildman–Crippen MR) is 58.1 cm³/mol. The second kappa shape index (κ2) is 4.74. The van der Waals surface area contributed by atoms with Gasteiger partial charge in [-0.15, -0.1) is 0 Å². The van der Waals surface area contributed by atoms with Crippen LogP contribution in [0.3, 0.4) is 0 Å². The van der Waals surface area contributed by atoms with Crippen molar-refractivity contribution < 1.29 is 13.2 Å². The topological polar surface area (TPSA) is 38.0 Å². The second-order valence-corrected chi connectivity index (χ2v) is 3.87. The molecule has 0 aliphatic carbocycles. The van der Waals surface area contributed by atoms with E-state index in [2.05, 4.69) is 5.32 Å². The monoisotopic (exact) mass is 232 g/mol. The number of benzene rings is 1. The van der Waals surface area contributed by atoms with Gasteiger partial charge in [-0.05, 0) is 31.5 Å². The van der Waals surface area contributed by atoms with Crippen LogP contribution in [0.25, 0.3) is 0 Å². The summed E-state index contributed by atoms with van der Waals surface area (Å²) in [5.41, 5.74) is 5.18. The Labute approximate surface area is 92.6 Å². The lowest BCUT2D eigenvalue weighted by molar-refractivity contribution is -0.138. The number of hydrogen-bond acceptors (Lipinski definition) is 2. The zero-order valence-corrected chi connectivity index (χ0v) is 9.23. The van der Waals surface area contributed by atoms with Crippen LogP contribution in [0.2, 0.25) is 0 Å². The summed E-state index contributed by atoms with van der Waals surface area (Å²) in [5, 5.41) is 2.93. The van der Waals surface area contributed by atoms with E-state index in [4.69, 9.17) is 5.73 Å². The molecule has 0 fully saturated rings. The van der Waals surface area contributed by atoms with E-state index < -0.39 is 11.7 Å². The molecular weight excluding hydrogens is 217 g/mol. The first kappa shape index (κ1) is 12.8. The van der Waals surface area contributed by atoms with E-state index in [0.717, 1.165) is 6.07 Å². The van der Waals surface area contributed by atoms with Crippen LogP contribution < -0.4 is 11.1 Å². The van der Waals surface area contributed by atoms with Crippen LogP contribution in [0.1, 0.15) is 25.0 Å². The van der Waals surface area contributed by atoms with Crippen molar-refractivity contribution in [2.45, 2.75) is 32.6 Å². The van der Waals surface area contributed by atoms with Crippen LogP contribution in [0, 0.1) is 0 Å². The standard InChI is InChI=1S/C11H15F3N2/c1-7(2)16-9-4-3-8(6-15)10(5-9)11(12,13)14/h3-5,7,16H,6,15H2,1-2H3. The van der Waals surface area contributed by atoms with Gasteiger partial charge in [-0.1, -0.05) is 6.07 Å². The lowest BCUT2D eigenvalue weighted by Gasteiger charge is -2.15. The maximum atomic E-state index is 12.7. The average Bonchev–Trinajstić information content (AvgIpc) is 2.15. The van der Waals surface area contributed by atoms with Crippen LogP contribution in [-0.2, 0) is 12.7 Å². The molecule has 0 saturated carbocycles. The molecule has 0 spiro atoms. The highest BCUT2D eigenvalue weighted by Crippen LogP contribution is 2.33. The van der Waals surface area contributed by atoms with Gasteiger partial charge in [-0.25, -0.2) is 0 Å². The molecule has 0 aliphatic heterocycles. The summed E-state index contributed by atoms with van der Waals surface area (Å²) in [5.74, 6) is 0. The summed E-state index contributed by atoms with van der Waals surface area (Å²) >= 11 is 0. The quantitative estimate of drug-likeness (QED) is 0.840. The minimum absolute atomic E-state index is 0.0878. The first-order valence-corrected chi connectivity index (χ1v) is 5.01.